The number of amides is 2. The van der Waals surface area contributed by atoms with Crippen LogP contribution >= 0.6 is 0 Å². The molecule has 1 heterocycles. The van der Waals surface area contributed by atoms with Crippen LogP contribution in [0.25, 0.3) is 0 Å². The maximum atomic E-state index is 11.7. The van der Waals surface area contributed by atoms with Crippen LogP contribution in [0.5, 0.6) is 0 Å². The third kappa shape index (κ3) is 5.92. The number of hydrogen-bond acceptors (Lipinski definition) is 4. The van der Waals surface area contributed by atoms with Gasteiger partial charge in [-0.2, -0.15) is 0 Å². The van der Waals surface area contributed by atoms with Crippen molar-refractivity contribution >= 4 is 11.7 Å². The molecule has 1 aromatic heterocycles. The smallest absolute Gasteiger partial charge is 0.319 e. The Labute approximate surface area is 148 Å². The normalized spacial score (nSPS) is 13.5. The van der Waals surface area contributed by atoms with E-state index in [1.165, 1.54) is 0 Å². The van der Waals surface area contributed by atoms with Gasteiger partial charge in [0.1, 0.15) is 5.76 Å². The molecule has 2 amide bonds. The van der Waals surface area contributed by atoms with Crippen molar-refractivity contribution < 1.29 is 13.9 Å². The van der Waals surface area contributed by atoms with Gasteiger partial charge >= 0.3 is 6.03 Å². The van der Waals surface area contributed by atoms with Crippen LogP contribution in [0.3, 0.4) is 0 Å². The predicted octanol–water partition coefficient (Wildman–Crippen LogP) is 3.85. The lowest BCUT2D eigenvalue weighted by Crippen LogP contribution is -2.34. The lowest BCUT2D eigenvalue weighted by molar-refractivity contribution is 0.152. The van der Waals surface area contributed by atoms with Gasteiger partial charge in [0.2, 0.25) is 0 Å². The van der Waals surface area contributed by atoms with Crippen molar-refractivity contribution in [3.63, 3.8) is 0 Å². The maximum absolute atomic E-state index is 11.7. The Bertz CT molecular complexity index is 638. The number of hydrogen-bond donors (Lipinski definition) is 3. The van der Waals surface area contributed by atoms with Crippen molar-refractivity contribution in [3.05, 3.63) is 54.0 Å². The van der Waals surface area contributed by atoms with E-state index in [2.05, 4.69) is 22.9 Å². The lowest BCUT2D eigenvalue weighted by atomic mass is 10.1. The summed E-state index contributed by atoms with van der Waals surface area (Å²) in [5, 5.41) is 9.12. The van der Waals surface area contributed by atoms with Gasteiger partial charge in [-0.3, -0.25) is 5.32 Å². The molecule has 0 aliphatic rings. The van der Waals surface area contributed by atoms with Crippen molar-refractivity contribution in [2.24, 2.45) is 0 Å². The number of carbonyl (C=O) groups excluding carboxylic acids is 1. The van der Waals surface area contributed by atoms with Gasteiger partial charge in [-0.05, 0) is 50.6 Å². The molecule has 3 N–H and O–H groups in total. The van der Waals surface area contributed by atoms with Crippen LogP contribution in [-0.2, 0) is 4.74 Å². The first-order valence-corrected chi connectivity index (χ1v) is 8.45. The summed E-state index contributed by atoms with van der Waals surface area (Å²) in [6.45, 7) is 6.45. The molecule has 1 aromatic carbocycles. The van der Waals surface area contributed by atoms with Crippen molar-refractivity contribution in [3.8, 4) is 0 Å². The summed E-state index contributed by atoms with van der Waals surface area (Å²) in [5.74, 6) is 0.845. The Hall–Kier alpha value is -2.31. The van der Waals surface area contributed by atoms with Gasteiger partial charge in [0.05, 0.1) is 18.9 Å². The van der Waals surface area contributed by atoms with E-state index in [0.29, 0.717) is 6.61 Å². The third-order valence-electron chi connectivity index (χ3n) is 3.76. The van der Waals surface area contributed by atoms with E-state index in [1.54, 1.807) is 13.4 Å². The van der Waals surface area contributed by atoms with Crippen LogP contribution < -0.4 is 16.0 Å². The highest BCUT2D eigenvalue weighted by atomic mass is 16.5. The summed E-state index contributed by atoms with van der Waals surface area (Å²) in [5.41, 5.74) is 1.87. The molecular formula is C19H27N3O3. The Balaban J connectivity index is 1.97. The molecule has 136 valence electrons. The van der Waals surface area contributed by atoms with E-state index in [-0.39, 0.29) is 24.2 Å². The Kier molecular flexibility index (Phi) is 7.03. The third-order valence-corrected chi connectivity index (χ3v) is 3.76. The minimum Gasteiger partial charge on any atom is -0.468 e. The molecule has 0 saturated heterocycles. The number of anilines is 1. The molecule has 0 spiro atoms. The molecule has 0 bridgehead atoms. The summed E-state index contributed by atoms with van der Waals surface area (Å²) in [6.07, 6.45) is 1.66. The molecule has 0 fully saturated rings. The number of rotatable bonds is 8. The Morgan fingerprint density at radius 1 is 1.16 bits per heavy atom. The summed E-state index contributed by atoms with van der Waals surface area (Å²) in [6, 6.07) is 11.6. The molecule has 6 heteroatoms. The molecule has 0 saturated carbocycles. The molecule has 0 aliphatic heterocycles. The van der Waals surface area contributed by atoms with Crippen LogP contribution in [0.1, 0.15) is 44.2 Å². The number of methoxy groups -OCH3 is 1. The van der Waals surface area contributed by atoms with E-state index in [1.807, 2.05) is 50.2 Å². The molecule has 2 atom stereocenters. The second kappa shape index (κ2) is 9.25. The fraction of sp³-hybridized carbons (Fsp3) is 0.421. The highest BCUT2D eigenvalue weighted by Crippen LogP contribution is 2.21. The van der Waals surface area contributed by atoms with Crippen molar-refractivity contribution in [1.82, 2.24) is 10.6 Å². The van der Waals surface area contributed by atoms with Gasteiger partial charge in [-0.25, -0.2) is 4.79 Å². The van der Waals surface area contributed by atoms with E-state index in [4.69, 9.17) is 9.15 Å². The highest BCUT2D eigenvalue weighted by molar-refractivity contribution is 5.89. The molecule has 25 heavy (non-hydrogen) atoms. The minimum atomic E-state index is -0.202. The van der Waals surface area contributed by atoms with Gasteiger partial charge in [-0.15, -0.1) is 0 Å². The summed E-state index contributed by atoms with van der Waals surface area (Å²) in [7, 11) is 1.67. The fourth-order valence-corrected chi connectivity index (χ4v) is 2.55. The SMILES string of the molecule is COC[C@@H](N[C@@H](C)c1ccc(NC(=O)NC(C)C)cc1)c1ccco1. The zero-order valence-corrected chi connectivity index (χ0v) is 15.2. The molecule has 0 radical (unpaired) electrons. The standard InChI is InChI=1S/C19H27N3O3/c1-13(2)20-19(23)22-16-9-7-15(8-10-16)14(3)21-17(12-24-4)18-6-5-11-25-18/h5-11,13-14,17,21H,12H2,1-4H3,(H2,20,22,23)/t14-,17+/m0/s1. The average molecular weight is 345 g/mol. The van der Waals surface area contributed by atoms with Crippen LogP contribution in [-0.4, -0.2) is 25.8 Å². The molecule has 6 nitrogen and oxygen atoms in total. The number of benzene rings is 1. The first kappa shape index (κ1) is 19.0. The topological polar surface area (TPSA) is 75.5 Å². The van der Waals surface area contributed by atoms with Crippen molar-refractivity contribution in [2.75, 3.05) is 19.0 Å². The number of nitrogens with one attached hydrogen (secondary N) is 3. The average Bonchev–Trinajstić information content (AvgIpc) is 3.08. The fourth-order valence-electron chi connectivity index (χ4n) is 2.55. The first-order chi connectivity index (χ1) is 12.0. The second-order valence-corrected chi connectivity index (χ2v) is 6.29. The Morgan fingerprint density at radius 3 is 2.44 bits per heavy atom. The second-order valence-electron chi connectivity index (χ2n) is 6.29. The van der Waals surface area contributed by atoms with E-state index < -0.39 is 0 Å². The van der Waals surface area contributed by atoms with Crippen LogP contribution in [0.4, 0.5) is 10.5 Å². The van der Waals surface area contributed by atoms with E-state index in [9.17, 15) is 4.79 Å². The molecule has 0 aliphatic carbocycles. The zero-order chi connectivity index (χ0) is 18.2. The highest BCUT2D eigenvalue weighted by Gasteiger charge is 2.17. The lowest BCUT2D eigenvalue weighted by Gasteiger charge is -2.22. The van der Waals surface area contributed by atoms with Gasteiger partial charge in [0, 0.05) is 24.9 Å². The maximum Gasteiger partial charge on any atom is 0.319 e. The number of ether oxygens (including phenoxy) is 1. The molecular weight excluding hydrogens is 318 g/mol. The first-order valence-electron chi connectivity index (χ1n) is 8.45. The monoisotopic (exact) mass is 345 g/mol. The van der Waals surface area contributed by atoms with Gasteiger partial charge in [-0.1, -0.05) is 12.1 Å². The van der Waals surface area contributed by atoms with Gasteiger partial charge in [0.25, 0.3) is 0 Å². The minimum absolute atomic E-state index is 0.0235. The summed E-state index contributed by atoms with van der Waals surface area (Å²) in [4.78, 5) is 11.7. The predicted molar refractivity (Wildman–Crippen MR) is 98.6 cm³/mol. The molecule has 0 unspecified atom stereocenters. The van der Waals surface area contributed by atoms with E-state index >= 15 is 0 Å². The summed E-state index contributed by atoms with van der Waals surface area (Å²) >= 11 is 0. The zero-order valence-electron chi connectivity index (χ0n) is 15.2. The van der Waals surface area contributed by atoms with Crippen molar-refractivity contribution in [1.29, 1.82) is 0 Å². The largest absolute Gasteiger partial charge is 0.468 e. The van der Waals surface area contributed by atoms with Crippen LogP contribution in [0.2, 0.25) is 0 Å². The molecule has 2 rings (SSSR count). The van der Waals surface area contributed by atoms with Gasteiger partial charge in [0.15, 0.2) is 0 Å². The van der Waals surface area contributed by atoms with E-state index in [0.717, 1.165) is 17.0 Å². The number of furan rings is 1. The van der Waals surface area contributed by atoms with Crippen LogP contribution in [0, 0.1) is 0 Å². The summed E-state index contributed by atoms with van der Waals surface area (Å²) < 4.78 is 10.8. The molecule has 2 aromatic rings. The van der Waals surface area contributed by atoms with Crippen molar-refractivity contribution in [2.45, 2.75) is 38.9 Å². The number of carbonyl (C=O) groups is 1. The Morgan fingerprint density at radius 2 is 1.88 bits per heavy atom. The quantitative estimate of drug-likeness (QED) is 0.679. The van der Waals surface area contributed by atoms with Gasteiger partial charge < -0.3 is 19.8 Å². The van der Waals surface area contributed by atoms with Crippen LogP contribution in [0.15, 0.2) is 47.1 Å². The number of urea groups is 1.